The summed E-state index contributed by atoms with van der Waals surface area (Å²) >= 11 is 5.63. The number of esters is 2. The molecule has 0 aliphatic rings. The summed E-state index contributed by atoms with van der Waals surface area (Å²) in [4.78, 5) is 26.8. The summed E-state index contributed by atoms with van der Waals surface area (Å²) in [7, 11) is 0. The maximum Gasteiger partial charge on any atom is 0.325 e. The van der Waals surface area contributed by atoms with E-state index in [2.05, 4.69) is 5.32 Å². The molecule has 0 aliphatic heterocycles. The van der Waals surface area contributed by atoms with Crippen LogP contribution in [-0.2, 0) is 25.5 Å². The van der Waals surface area contributed by atoms with Crippen molar-refractivity contribution in [2.24, 2.45) is 5.41 Å². The molecule has 1 unspecified atom stereocenters. The Morgan fingerprint density at radius 2 is 1.42 bits per heavy atom. The molecule has 0 bridgehead atoms. The molecule has 5 nitrogen and oxygen atoms in total. The van der Waals surface area contributed by atoms with Gasteiger partial charge in [0.1, 0.15) is 4.99 Å². The fourth-order valence-corrected chi connectivity index (χ4v) is 3.93. The van der Waals surface area contributed by atoms with Crippen LogP contribution < -0.4 is 5.32 Å². The highest BCUT2D eigenvalue weighted by atomic mass is 32.1. The minimum atomic E-state index is -1.50. The number of carbonyl (C=O) groups is 2. The Balaban J connectivity index is 2.44. The lowest BCUT2D eigenvalue weighted by Crippen LogP contribution is -2.57. The standard InChI is InChI=1S/C25H31NO4S/c1-4-25(23(27)29-5-2,24(28)30-6-3)21(18-17-19-13-9-7-10-14-19)26-22(31)20-15-11-8-12-16-20/h7-16,21H,4-6,17-18H2,1-3H3,(H,26,31). The molecular formula is C25H31NO4S. The number of nitrogens with one attached hydrogen (secondary N) is 1. The Morgan fingerprint density at radius 3 is 1.90 bits per heavy atom. The zero-order chi connectivity index (χ0) is 22.7. The smallest absolute Gasteiger partial charge is 0.325 e. The monoisotopic (exact) mass is 441 g/mol. The third-order valence-corrected chi connectivity index (χ3v) is 5.69. The lowest BCUT2D eigenvalue weighted by molar-refractivity contribution is -0.175. The van der Waals surface area contributed by atoms with Gasteiger partial charge in [-0.2, -0.15) is 0 Å². The number of hydrogen-bond donors (Lipinski definition) is 1. The van der Waals surface area contributed by atoms with E-state index in [4.69, 9.17) is 21.7 Å². The van der Waals surface area contributed by atoms with Gasteiger partial charge in [0.15, 0.2) is 5.41 Å². The number of carbonyl (C=O) groups excluding carboxylic acids is 2. The van der Waals surface area contributed by atoms with Crippen LogP contribution in [0.1, 0.15) is 44.7 Å². The van der Waals surface area contributed by atoms with Crippen molar-refractivity contribution in [1.29, 1.82) is 0 Å². The van der Waals surface area contributed by atoms with Crippen LogP contribution in [0, 0.1) is 5.41 Å². The van der Waals surface area contributed by atoms with Gasteiger partial charge in [0.05, 0.1) is 19.3 Å². The first-order chi connectivity index (χ1) is 15.0. The normalized spacial score (nSPS) is 12.0. The zero-order valence-electron chi connectivity index (χ0n) is 18.4. The average Bonchev–Trinajstić information content (AvgIpc) is 2.79. The van der Waals surface area contributed by atoms with E-state index in [1.165, 1.54) is 0 Å². The maximum atomic E-state index is 13.2. The first-order valence-corrected chi connectivity index (χ1v) is 11.1. The number of aryl methyl sites for hydroxylation is 1. The number of hydrogen-bond acceptors (Lipinski definition) is 5. The summed E-state index contributed by atoms with van der Waals surface area (Å²) in [5.74, 6) is -1.17. The highest BCUT2D eigenvalue weighted by Crippen LogP contribution is 2.34. The van der Waals surface area contributed by atoms with Crippen LogP contribution in [-0.4, -0.2) is 36.2 Å². The predicted molar refractivity (Wildman–Crippen MR) is 126 cm³/mol. The zero-order valence-corrected chi connectivity index (χ0v) is 19.2. The van der Waals surface area contributed by atoms with Crippen LogP contribution in [0.3, 0.4) is 0 Å². The van der Waals surface area contributed by atoms with Crippen molar-refractivity contribution in [3.8, 4) is 0 Å². The van der Waals surface area contributed by atoms with Crippen molar-refractivity contribution < 1.29 is 19.1 Å². The molecule has 0 saturated carbocycles. The topological polar surface area (TPSA) is 64.6 Å². The van der Waals surface area contributed by atoms with Crippen molar-refractivity contribution in [1.82, 2.24) is 5.32 Å². The van der Waals surface area contributed by atoms with Gasteiger partial charge in [0, 0.05) is 5.56 Å². The first kappa shape index (κ1) is 24.5. The van der Waals surface area contributed by atoms with Gasteiger partial charge in [0.2, 0.25) is 0 Å². The van der Waals surface area contributed by atoms with Gasteiger partial charge >= 0.3 is 11.9 Å². The molecule has 2 rings (SSSR count). The molecule has 0 amide bonds. The van der Waals surface area contributed by atoms with Crippen molar-refractivity contribution >= 4 is 29.1 Å². The quantitative estimate of drug-likeness (QED) is 0.315. The molecule has 0 saturated heterocycles. The van der Waals surface area contributed by atoms with E-state index in [0.29, 0.717) is 17.8 Å². The maximum absolute atomic E-state index is 13.2. The van der Waals surface area contributed by atoms with Crippen molar-refractivity contribution in [3.63, 3.8) is 0 Å². The van der Waals surface area contributed by atoms with E-state index in [-0.39, 0.29) is 19.6 Å². The number of ether oxygens (including phenoxy) is 2. The van der Waals surface area contributed by atoms with Crippen molar-refractivity contribution in [3.05, 3.63) is 71.8 Å². The predicted octanol–water partition coefficient (Wildman–Crippen LogP) is 4.48. The van der Waals surface area contributed by atoms with E-state index >= 15 is 0 Å². The SMILES string of the molecule is CCOC(=O)C(CC)(C(=O)OCC)C(CCc1ccccc1)NC(=S)c1ccccc1. The molecular weight excluding hydrogens is 410 g/mol. The fourth-order valence-electron chi connectivity index (χ4n) is 3.65. The molecule has 2 aromatic carbocycles. The molecule has 0 fully saturated rings. The molecule has 166 valence electrons. The Bertz CT molecular complexity index is 836. The van der Waals surface area contributed by atoms with Gasteiger partial charge in [-0.05, 0) is 38.7 Å². The van der Waals surface area contributed by atoms with Gasteiger partial charge in [-0.15, -0.1) is 0 Å². The van der Waals surface area contributed by atoms with Crippen LogP contribution in [0.25, 0.3) is 0 Å². The second-order valence-corrected chi connectivity index (χ2v) is 7.59. The van der Waals surface area contributed by atoms with Gasteiger partial charge < -0.3 is 14.8 Å². The van der Waals surface area contributed by atoms with E-state index in [0.717, 1.165) is 11.1 Å². The minimum Gasteiger partial charge on any atom is -0.465 e. The van der Waals surface area contributed by atoms with E-state index in [9.17, 15) is 9.59 Å². The summed E-state index contributed by atoms with van der Waals surface area (Å²) < 4.78 is 10.7. The van der Waals surface area contributed by atoms with Crippen LogP contribution in [0.15, 0.2) is 60.7 Å². The first-order valence-electron chi connectivity index (χ1n) is 10.7. The van der Waals surface area contributed by atoms with Gasteiger partial charge in [-0.1, -0.05) is 79.8 Å². The molecule has 6 heteroatoms. The largest absolute Gasteiger partial charge is 0.465 e. The summed E-state index contributed by atoms with van der Waals surface area (Å²) in [6, 6.07) is 18.8. The highest BCUT2D eigenvalue weighted by Gasteiger charge is 2.53. The second kappa shape index (κ2) is 12.2. The third-order valence-electron chi connectivity index (χ3n) is 5.34. The third kappa shape index (κ3) is 6.14. The number of rotatable bonds is 11. The van der Waals surface area contributed by atoms with Gasteiger partial charge in [0.25, 0.3) is 0 Å². The van der Waals surface area contributed by atoms with Crippen LogP contribution in [0.5, 0.6) is 0 Å². The fraction of sp³-hybridized carbons (Fsp3) is 0.400. The van der Waals surface area contributed by atoms with E-state index < -0.39 is 23.4 Å². The summed E-state index contributed by atoms with van der Waals surface area (Å²) in [5, 5.41) is 3.30. The summed E-state index contributed by atoms with van der Waals surface area (Å²) in [5.41, 5.74) is 0.428. The highest BCUT2D eigenvalue weighted by molar-refractivity contribution is 7.80. The molecule has 0 radical (unpaired) electrons. The van der Waals surface area contributed by atoms with E-state index in [1.54, 1.807) is 20.8 Å². The second-order valence-electron chi connectivity index (χ2n) is 7.18. The van der Waals surface area contributed by atoms with Crippen molar-refractivity contribution in [2.45, 2.75) is 46.1 Å². The van der Waals surface area contributed by atoms with Gasteiger partial charge in [-0.25, -0.2) is 0 Å². The van der Waals surface area contributed by atoms with Crippen LogP contribution >= 0.6 is 12.2 Å². The summed E-state index contributed by atoms with van der Waals surface area (Å²) in [6.45, 7) is 5.61. The van der Waals surface area contributed by atoms with Gasteiger partial charge in [-0.3, -0.25) is 9.59 Å². The molecule has 0 spiro atoms. The van der Waals surface area contributed by atoms with Crippen LogP contribution in [0.4, 0.5) is 0 Å². The minimum absolute atomic E-state index is 0.175. The molecule has 1 atom stereocenters. The lowest BCUT2D eigenvalue weighted by Gasteiger charge is -2.37. The van der Waals surface area contributed by atoms with E-state index in [1.807, 2.05) is 60.7 Å². The number of benzene rings is 2. The van der Waals surface area contributed by atoms with Crippen molar-refractivity contribution in [2.75, 3.05) is 13.2 Å². The molecule has 0 heterocycles. The molecule has 0 aliphatic carbocycles. The average molecular weight is 442 g/mol. The molecule has 1 N–H and O–H groups in total. The lowest BCUT2D eigenvalue weighted by atomic mass is 9.75. The molecule has 31 heavy (non-hydrogen) atoms. The van der Waals surface area contributed by atoms with Crippen LogP contribution in [0.2, 0.25) is 0 Å². The summed E-state index contributed by atoms with van der Waals surface area (Å²) in [6.07, 6.45) is 1.40. The molecule has 0 aromatic heterocycles. The Hall–Kier alpha value is -2.73. The Labute approximate surface area is 190 Å². The molecule has 2 aromatic rings. The Kier molecular flexibility index (Phi) is 9.66. The number of thiocarbonyl (C=S) groups is 1. The Morgan fingerprint density at radius 1 is 0.903 bits per heavy atom.